The van der Waals surface area contributed by atoms with Gasteiger partial charge >= 0.3 is 0 Å². The molecule has 174 valence electrons. The Morgan fingerprint density at radius 2 is 1.68 bits per heavy atom. The Morgan fingerprint density at radius 3 is 2.32 bits per heavy atom. The lowest BCUT2D eigenvalue weighted by atomic mass is 10.2. The van der Waals surface area contributed by atoms with Crippen molar-refractivity contribution in [2.45, 2.75) is 27.7 Å². The molecule has 9 heteroatoms. The molecule has 0 saturated heterocycles. The summed E-state index contributed by atoms with van der Waals surface area (Å²) in [5, 5.41) is 7.45. The van der Waals surface area contributed by atoms with Crippen molar-refractivity contribution in [3.63, 3.8) is 0 Å². The number of ether oxygens (including phenoxy) is 2. The Kier molecular flexibility index (Phi) is 6.65. The minimum absolute atomic E-state index is 0.254. The van der Waals surface area contributed by atoms with E-state index in [1.54, 1.807) is 60.3 Å². The van der Waals surface area contributed by atoms with Gasteiger partial charge in [-0.25, -0.2) is 9.67 Å². The lowest BCUT2D eigenvalue weighted by molar-refractivity contribution is 0.102. The van der Waals surface area contributed by atoms with E-state index in [9.17, 15) is 4.79 Å². The molecule has 1 N–H and O–H groups in total. The van der Waals surface area contributed by atoms with Gasteiger partial charge in [-0.15, -0.1) is 0 Å². The number of rotatable bonds is 6. The number of hydrogen-bond acceptors (Lipinski definition) is 6. The van der Waals surface area contributed by atoms with E-state index >= 15 is 0 Å². The van der Waals surface area contributed by atoms with Gasteiger partial charge in [0.15, 0.2) is 5.82 Å². The first-order valence-corrected chi connectivity index (χ1v) is 11.4. The van der Waals surface area contributed by atoms with E-state index in [2.05, 4.69) is 36.3 Å². The number of benzene rings is 2. The number of hydrogen-bond donors (Lipinski definition) is 1. The van der Waals surface area contributed by atoms with Crippen LogP contribution in [0.1, 0.15) is 33.1 Å². The average Bonchev–Trinajstić information content (AvgIpc) is 3.07. The Labute approximate surface area is 206 Å². The topological polar surface area (TPSA) is 91.2 Å². The molecule has 0 fully saturated rings. The zero-order valence-corrected chi connectivity index (χ0v) is 21.1. The number of halogens is 1. The summed E-state index contributed by atoms with van der Waals surface area (Å²) in [6.07, 6.45) is 0. The van der Waals surface area contributed by atoms with E-state index in [-0.39, 0.29) is 5.91 Å². The lowest BCUT2D eigenvalue weighted by Gasteiger charge is -2.11. The van der Waals surface area contributed by atoms with E-state index < -0.39 is 0 Å². The first-order chi connectivity index (χ1) is 16.2. The minimum atomic E-state index is -0.254. The molecule has 0 radical (unpaired) electrons. The van der Waals surface area contributed by atoms with E-state index in [1.807, 2.05) is 27.7 Å². The van der Waals surface area contributed by atoms with Crippen LogP contribution in [0.25, 0.3) is 5.82 Å². The minimum Gasteiger partial charge on any atom is -0.497 e. The highest BCUT2D eigenvalue weighted by molar-refractivity contribution is 9.10. The summed E-state index contributed by atoms with van der Waals surface area (Å²) in [5.74, 6) is 2.55. The van der Waals surface area contributed by atoms with Gasteiger partial charge in [-0.05, 0) is 91.7 Å². The molecule has 2 heterocycles. The average molecular weight is 522 g/mol. The van der Waals surface area contributed by atoms with Gasteiger partial charge in [0.1, 0.15) is 17.3 Å². The molecule has 0 unspecified atom stereocenters. The summed E-state index contributed by atoms with van der Waals surface area (Å²) in [4.78, 5) is 21.6. The summed E-state index contributed by atoms with van der Waals surface area (Å²) in [6.45, 7) is 7.82. The third-order valence-corrected chi connectivity index (χ3v) is 6.12. The first kappa shape index (κ1) is 23.4. The van der Waals surface area contributed by atoms with Crippen LogP contribution in [-0.2, 0) is 0 Å². The van der Waals surface area contributed by atoms with Gasteiger partial charge in [0.25, 0.3) is 5.91 Å². The molecule has 0 saturated carbocycles. The second-order valence-electron chi connectivity index (χ2n) is 7.75. The summed E-state index contributed by atoms with van der Waals surface area (Å²) < 4.78 is 13.6. The van der Waals surface area contributed by atoms with Crippen LogP contribution in [0.3, 0.4) is 0 Å². The number of methoxy groups -OCH3 is 1. The molecule has 0 aliphatic rings. The second-order valence-corrected chi connectivity index (χ2v) is 8.60. The number of aromatic nitrogens is 4. The van der Waals surface area contributed by atoms with Gasteiger partial charge in [-0.1, -0.05) is 0 Å². The fourth-order valence-electron chi connectivity index (χ4n) is 3.36. The van der Waals surface area contributed by atoms with Gasteiger partial charge in [-0.2, -0.15) is 10.1 Å². The van der Waals surface area contributed by atoms with Crippen molar-refractivity contribution in [1.29, 1.82) is 0 Å². The number of nitrogens with one attached hydrogen (secondary N) is 1. The molecule has 0 bridgehead atoms. The Morgan fingerprint density at radius 1 is 0.971 bits per heavy atom. The third-order valence-electron chi connectivity index (χ3n) is 5.42. The predicted octanol–water partition coefficient (Wildman–Crippen LogP) is 5.71. The smallest absolute Gasteiger partial charge is 0.256 e. The number of aryl methyl sites for hydroxylation is 2. The molecule has 2 aromatic carbocycles. The van der Waals surface area contributed by atoms with Crippen molar-refractivity contribution in [2.75, 3.05) is 12.4 Å². The highest BCUT2D eigenvalue weighted by Gasteiger charge is 2.14. The van der Waals surface area contributed by atoms with Crippen molar-refractivity contribution in [3.05, 3.63) is 81.3 Å². The number of carbonyl (C=O) groups excluding carboxylic acids is 1. The van der Waals surface area contributed by atoms with Crippen LogP contribution in [0.5, 0.6) is 17.4 Å². The van der Waals surface area contributed by atoms with Gasteiger partial charge < -0.3 is 14.8 Å². The van der Waals surface area contributed by atoms with Gasteiger partial charge in [0, 0.05) is 21.9 Å². The Bertz CT molecular complexity index is 1370. The standard InChI is InChI=1S/C25H24BrN5O3/c1-14-15(2)30-31(16(14)3)23-13-24(28-17(4)27-23)34-19-8-6-18(7-9-19)29-25(32)21-12-20(33-5)10-11-22(21)26/h6-13H,1-5H3,(H,29,32). The third kappa shape index (κ3) is 4.94. The Hall–Kier alpha value is -3.72. The SMILES string of the molecule is COc1ccc(Br)c(C(=O)Nc2ccc(Oc3cc(-n4nc(C)c(C)c4C)nc(C)n3)cc2)c1. The van der Waals surface area contributed by atoms with Crippen LogP contribution >= 0.6 is 15.9 Å². The van der Waals surface area contributed by atoms with Crippen LogP contribution in [0.2, 0.25) is 0 Å². The largest absolute Gasteiger partial charge is 0.497 e. The van der Waals surface area contributed by atoms with Gasteiger partial charge in [0.2, 0.25) is 5.88 Å². The quantitative estimate of drug-likeness (QED) is 0.349. The predicted molar refractivity (Wildman–Crippen MR) is 133 cm³/mol. The molecule has 4 rings (SSSR count). The Balaban J connectivity index is 1.50. The van der Waals surface area contributed by atoms with Crippen LogP contribution < -0.4 is 14.8 Å². The highest BCUT2D eigenvalue weighted by Crippen LogP contribution is 2.26. The van der Waals surface area contributed by atoms with Gasteiger partial charge in [-0.3, -0.25) is 4.79 Å². The maximum absolute atomic E-state index is 12.7. The summed E-state index contributed by atoms with van der Waals surface area (Å²) in [6, 6.07) is 14.0. The zero-order valence-electron chi connectivity index (χ0n) is 19.5. The van der Waals surface area contributed by atoms with Crippen molar-refractivity contribution in [2.24, 2.45) is 0 Å². The maximum atomic E-state index is 12.7. The van der Waals surface area contributed by atoms with E-state index in [0.717, 1.165) is 17.0 Å². The first-order valence-electron chi connectivity index (χ1n) is 10.6. The van der Waals surface area contributed by atoms with Crippen LogP contribution in [0.15, 0.2) is 53.0 Å². The molecule has 0 spiro atoms. The maximum Gasteiger partial charge on any atom is 0.256 e. The number of anilines is 1. The molecular formula is C25H24BrN5O3. The molecule has 8 nitrogen and oxygen atoms in total. The molecule has 34 heavy (non-hydrogen) atoms. The molecule has 1 amide bonds. The zero-order chi connectivity index (χ0) is 24.4. The molecule has 2 aromatic heterocycles. The second kappa shape index (κ2) is 9.64. The fourth-order valence-corrected chi connectivity index (χ4v) is 3.79. The van der Waals surface area contributed by atoms with Crippen molar-refractivity contribution < 1.29 is 14.3 Å². The summed E-state index contributed by atoms with van der Waals surface area (Å²) in [5.41, 5.74) is 4.20. The summed E-state index contributed by atoms with van der Waals surface area (Å²) in [7, 11) is 1.56. The normalized spacial score (nSPS) is 10.8. The summed E-state index contributed by atoms with van der Waals surface area (Å²) >= 11 is 3.41. The molecule has 0 aliphatic heterocycles. The van der Waals surface area contributed by atoms with Crippen molar-refractivity contribution in [1.82, 2.24) is 19.7 Å². The van der Waals surface area contributed by atoms with Crippen LogP contribution in [0, 0.1) is 27.7 Å². The number of amides is 1. The number of nitrogens with zero attached hydrogens (tertiary/aromatic N) is 4. The lowest BCUT2D eigenvalue weighted by Crippen LogP contribution is -2.12. The fraction of sp³-hybridized carbons (Fsp3) is 0.200. The molecule has 0 aliphatic carbocycles. The van der Waals surface area contributed by atoms with Crippen molar-refractivity contribution in [3.8, 4) is 23.2 Å². The highest BCUT2D eigenvalue weighted by atomic mass is 79.9. The molecule has 4 aromatic rings. The van der Waals surface area contributed by atoms with Crippen molar-refractivity contribution >= 4 is 27.5 Å². The van der Waals surface area contributed by atoms with Crippen LogP contribution in [0.4, 0.5) is 5.69 Å². The van der Waals surface area contributed by atoms with E-state index in [0.29, 0.717) is 44.7 Å². The van der Waals surface area contributed by atoms with Gasteiger partial charge in [0.05, 0.1) is 18.4 Å². The van der Waals surface area contributed by atoms with E-state index in [4.69, 9.17) is 9.47 Å². The van der Waals surface area contributed by atoms with Crippen LogP contribution in [-0.4, -0.2) is 32.8 Å². The molecular weight excluding hydrogens is 498 g/mol. The van der Waals surface area contributed by atoms with E-state index in [1.165, 1.54) is 0 Å². The monoisotopic (exact) mass is 521 g/mol. The number of carbonyl (C=O) groups is 1. The molecule has 0 atom stereocenters.